The zero-order chi connectivity index (χ0) is 20.7. The number of hydrogen-bond donors (Lipinski definition) is 0. The third-order valence-corrected chi connectivity index (χ3v) is 7.09. The van der Waals surface area contributed by atoms with Gasteiger partial charge in [0.2, 0.25) is 5.91 Å². The van der Waals surface area contributed by atoms with Crippen molar-refractivity contribution in [2.75, 3.05) is 5.75 Å². The Morgan fingerprint density at radius 1 is 0.897 bits per heavy atom. The molecule has 0 bridgehead atoms. The van der Waals surface area contributed by atoms with Gasteiger partial charge in [0.25, 0.3) is 0 Å². The van der Waals surface area contributed by atoms with E-state index in [1.807, 2.05) is 79.0 Å². The SMILES string of the molecule is Cc1ccc(CS(=O)(=O)CCC(=O)N(Cc2ccccc2)Cc2cccs2)cc1. The third kappa shape index (κ3) is 6.84. The van der Waals surface area contributed by atoms with E-state index < -0.39 is 9.84 Å². The number of nitrogens with zero attached hydrogens (tertiary/aromatic N) is 1. The highest BCUT2D eigenvalue weighted by Crippen LogP contribution is 2.16. The van der Waals surface area contributed by atoms with E-state index in [1.54, 1.807) is 16.2 Å². The van der Waals surface area contributed by atoms with Gasteiger partial charge in [0, 0.05) is 17.8 Å². The Labute approximate surface area is 176 Å². The highest BCUT2D eigenvalue weighted by molar-refractivity contribution is 7.90. The van der Waals surface area contributed by atoms with E-state index in [0.29, 0.717) is 13.1 Å². The van der Waals surface area contributed by atoms with Gasteiger partial charge in [-0.3, -0.25) is 4.79 Å². The van der Waals surface area contributed by atoms with Gasteiger partial charge in [0.05, 0.1) is 18.1 Å². The minimum absolute atomic E-state index is 0.00754. The third-order valence-electron chi connectivity index (χ3n) is 4.63. The highest BCUT2D eigenvalue weighted by Gasteiger charge is 2.19. The minimum Gasteiger partial charge on any atom is -0.333 e. The van der Waals surface area contributed by atoms with E-state index in [0.717, 1.165) is 21.6 Å². The van der Waals surface area contributed by atoms with Crippen LogP contribution in [0.3, 0.4) is 0 Å². The van der Waals surface area contributed by atoms with Crippen molar-refractivity contribution in [1.82, 2.24) is 4.90 Å². The quantitative estimate of drug-likeness (QED) is 0.502. The van der Waals surface area contributed by atoms with Crippen LogP contribution in [0.5, 0.6) is 0 Å². The average molecular weight is 428 g/mol. The molecule has 0 atom stereocenters. The molecule has 1 aromatic heterocycles. The van der Waals surface area contributed by atoms with E-state index in [-0.39, 0.29) is 23.8 Å². The Morgan fingerprint density at radius 2 is 1.62 bits per heavy atom. The Balaban J connectivity index is 1.64. The number of thiophene rings is 1. The molecule has 29 heavy (non-hydrogen) atoms. The molecule has 0 saturated heterocycles. The summed E-state index contributed by atoms with van der Waals surface area (Å²) in [7, 11) is -3.36. The van der Waals surface area contributed by atoms with Gasteiger partial charge < -0.3 is 4.90 Å². The van der Waals surface area contributed by atoms with Crippen molar-refractivity contribution in [3.8, 4) is 0 Å². The number of carbonyl (C=O) groups excluding carboxylic acids is 1. The van der Waals surface area contributed by atoms with E-state index >= 15 is 0 Å². The van der Waals surface area contributed by atoms with Crippen molar-refractivity contribution >= 4 is 27.1 Å². The maximum Gasteiger partial charge on any atom is 0.224 e. The summed E-state index contributed by atoms with van der Waals surface area (Å²) in [6.45, 7) is 2.92. The molecule has 1 amide bonds. The van der Waals surface area contributed by atoms with Gasteiger partial charge in [0.15, 0.2) is 9.84 Å². The number of hydrogen-bond acceptors (Lipinski definition) is 4. The van der Waals surface area contributed by atoms with Gasteiger partial charge in [-0.25, -0.2) is 8.42 Å². The van der Waals surface area contributed by atoms with Crippen LogP contribution in [-0.4, -0.2) is 25.0 Å². The largest absolute Gasteiger partial charge is 0.333 e. The highest BCUT2D eigenvalue weighted by atomic mass is 32.2. The number of amides is 1. The van der Waals surface area contributed by atoms with Crippen molar-refractivity contribution in [2.24, 2.45) is 0 Å². The van der Waals surface area contributed by atoms with Crippen molar-refractivity contribution in [1.29, 1.82) is 0 Å². The molecule has 4 nitrogen and oxygen atoms in total. The molecule has 6 heteroatoms. The number of benzene rings is 2. The van der Waals surface area contributed by atoms with Crippen molar-refractivity contribution in [3.05, 3.63) is 93.7 Å². The van der Waals surface area contributed by atoms with Crippen LogP contribution in [0.15, 0.2) is 72.1 Å². The van der Waals surface area contributed by atoms with Crippen molar-refractivity contribution in [3.63, 3.8) is 0 Å². The lowest BCUT2D eigenvalue weighted by Crippen LogP contribution is -2.31. The Hall–Kier alpha value is -2.44. The molecule has 3 rings (SSSR count). The van der Waals surface area contributed by atoms with Crippen LogP contribution in [0.1, 0.15) is 28.0 Å². The summed E-state index contributed by atoms with van der Waals surface area (Å²) in [5.41, 5.74) is 2.87. The molecular weight excluding hydrogens is 402 g/mol. The van der Waals surface area contributed by atoms with Gasteiger partial charge >= 0.3 is 0 Å². The number of carbonyl (C=O) groups is 1. The lowest BCUT2D eigenvalue weighted by molar-refractivity contribution is -0.132. The molecule has 3 aromatic rings. The predicted molar refractivity (Wildman–Crippen MR) is 118 cm³/mol. The first-order valence-electron chi connectivity index (χ1n) is 9.51. The molecule has 2 aromatic carbocycles. The molecule has 0 unspecified atom stereocenters. The molecule has 0 N–H and O–H groups in total. The molecule has 1 heterocycles. The van der Waals surface area contributed by atoms with Crippen molar-refractivity contribution < 1.29 is 13.2 Å². The van der Waals surface area contributed by atoms with Crippen LogP contribution in [0.25, 0.3) is 0 Å². The molecule has 0 saturated carbocycles. The summed E-state index contributed by atoms with van der Waals surface area (Å²) in [6.07, 6.45) is -0.00754. The number of aryl methyl sites for hydroxylation is 1. The standard InChI is InChI=1S/C23H25NO3S2/c1-19-9-11-21(12-10-19)18-29(26,27)15-13-23(25)24(17-22-8-5-14-28-22)16-20-6-3-2-4-7-20/h2-12,14H,13,15-18H2,1H3. The summed E-state index contributed by atoms with van der Waals surface area (Å²) in [5, 5.41) is 1.98. The smallest absolute Gasteiger partial charge is 0.224 e. The van der Waals surface area contributed by atoms with E-state index in [2.05, 4.69) is 0 Å². The molecule has 0 spiro atoms. The Kier molecular flexibility index (Phi) is 7.23. The maximum absolute atomic E-state index is 12.9. The molecule has 0 aliphatic rings. The number of sulfone groups is 1. The Morgan fingerprint density at radius 3 is 2.28 bits per heavy atom. The summed E-state index contributed by atoms with van der Waals surface area (Å²) < 4.78 is 25.0. The van der Waals surface area contributed by atoms with Crippen LogP contribution in [0, 0.1) is 6.92 Å². The van der Waals surface area contributed by atoms with Gasteiger partial charge in [0.1, 0.15) is 0 Å². The first-order valence-corrected chi connectivity index (χ1v) is 12.2. The molecule has 0 aliphatic carbocycles. The van der Waals surface area contributed by atoms with Crippen LogP contribution < -0.4 is 0 Å². The fourth-order valence-electron chi connectivity index (χ4n) is 3.04. The second-order valence-corrected chi connectivity index (χ2v) is 10.4. The molecule has 152 valence electrons. The first-order chi connectivity index (χ1) is 13.9. The van der Waals surface area contributed by atoms with Gasteiger partial charge in [-0.15, -0.1) is 11.3 Å². The average Bonchev–Trinajstić information content (AvgIpc) is 3.21. The maximum atomic E-state index is 12.9. The van der Waals surface area contributed by atoms with Gasteiger partial charge in [-0.2, -0.15) is 0 Å². The first kappa shape index (κ1) is 21.3. The topological polar surface area (TPSA) is 54.5 Å². The summed E-state index contributed by atoms with van der Waals surface area (Å²) in [4.78, 5) is 15.7. The summed E-state index contributed by atoms with van der Waals surface area (Å²) >= 11 is 1.59. The molecule has 0 radical (unpaired) electrons. The zero-order valence-electron chi connectivity index (χ0n) is 16.5. The van der Waals surface area contributed by atoms with Crippen molar-refractivity contribution in [2.45, 2.75) is 32.2 Å². The fourth-order valence-corrected chi connectivity index (χ4v) is 5.09. The second kappa shape index (κ2) is 9.85. The van der Waals surface area contributed by atoms with E-state index in [9.17, 15) is 13.2 Å². The lowest BCUT2D eigenvalue weighted by atomic mass is 10.2. The van der Waals surface area contributed by atoms with Crippen LogP contribution in [-0.2, 0) is 33.5 Å². The summed E-state index contributed by atoms with van der Waals surface area (Å²) in [6, 6.07) is 21.2. The monoisotopic (exact) mass is 427 g/mol. The van der Waals surface area contributed by atoms with E-state index in [1.165, 1.54) is 0 Å². The van der Waals surface area contributed by atoms with Gasteiger partial charge in [-0.1, -0.05) is 66.2 Å². The molecule has 0 aliphatic heterocycles. The minimum atomic E-state index is -3.36. The second-order valence-electron chi connectivity index (χ2n) is 7.14. The predicted octanol–water partition coefficient (Wildman–Crippen LogP) is 4.59. The van der Waals surface area contributed by atoms with Crippen LogP contribution >= 0.6 is 11.3 Å². The number of rotatable bonds is 9. The van der Waals surface area contributed by atoms with Gasteiger partial charge in [-0.05, 0) is 29.5 Å². The van der Waals surface area contributed by atoms with Crippen LogP contribution in [0.4, 0.5) is 0 Å². The molecule has 0 fully saturated rings. The normalized spacial score (nSPS) is 11.3. The lowest BCUT2D eigenvalue weighted by Gasteiger charge is -2.22. The Bertz CT molecular complexity index is 1010. The fraction of sp³-hybridized carbons (Fsp3) is 0.261. The zero-order valence-corrected chi connectivity index (χ0v) is 18.1. The van der Waals surface area contributed by atoms with Crippen LogP contribution in [0.2, 0.25) is 0 Å². The van der Waals surface area contributed by atoms with E-state index in [4.69, 9.17) is 0 Å². The molecular formula is C23H25NO3S2. The summed E-state index contributed by atoms with van der Waals surface area (Å²) in [5.74, 6) is -0.325.